The molecule has 0 spiro atoms. The van der Waals surface area contributed by atoms with E-state index in [1.165, 1.54) is 0 Å². The van der Waals surface area contributed by atoms with Crippen molar-refractivity contribution < 1.29 is 14.3 Å². The minimum Gasteiger partial charge on any atom is -0.464 e. The zero-order valence-corrected chi connectivity index (χ0v) is 21.9. The van der Waals surface area contributed by atoms with Gasteiger partial charge in [-0.15, -0.1) is 0 Å². The van der Waals surface area contributed by atoms with Crippen molar-refractivity contribution >= 4 is 28.2 Å². The molecule has 0 bridgehead atoms. The summed E-state index contributed by atoms with van der Waals surface area (Å²) in [5.41, 5.74) is 3.02. The lowest BCUT2D eigenvalue weighted by molar-refractivity contribution is 0.0189. The number of benzene rings is 1. The molecule has 4 aromatic rings. The first-order valence-electron chi connectivity index (χ1n) is 12.6. The number of ether oxygens (including phenoxy) is 2. The van der Waals surface area contributed by atoms with Crippen molar-refractivity contribution in [2.75, 3.05) is 19.7 Å². The van der Waals surface area contributed by atoms with E-state index in [0.29, 0.717) is 43.7 Å². The summed E-state index contributed by atoms with van der Waals surface area (Å²) < 4.78 is 14.8. The first-order chi connectivity index (χ1) is 17.6. The van der Waals surface area contributed by atoms with E-state index in [0.717, 1.165) is 22.0 Å². The van der Waals surface area contributed by atoms with Crippen LogP contribution in [0, 0.1) is 0 Å². The summed E-state index contributed by atoms with van der Waals surface area (Å²) in [7, 11) is 1.93. The van der Waals surface area contributed by atoms with Crippen LogP contribution >= 0.6 is 0 Å². The van der Waals surface area contributed by atoms with E-state index in [2.05, 4.69) is 15.0 Å². The van der Waals surface area contributed by atoms with Crippen LogP contribution in [0.3, 0.4) is 0 Å². The predicted molar refractivity (Wildman–Crippen MR) is 141 cm³/mol. The van der Waals surface area contributed by atoms with Crippen LogP contribution < -0.4 is 10.3 Å². The average Bonchev–Trinajstić information content (AvgIpc) is 3.23. The SMILES string of the molecule is CCOc1ncc2cc(-c3ccc4ncn(C)c4c3)c(=O)n(C3CCN(C(=O)OC(C)(C)C)CC3)c2n1. The second kappa shape index (κ2) is 9.49. The molecule has 10 nitrogen and oxygen atoms in total. The monoisotopic (exact) mass is 504 g/mol. The molecule has 0 atom stereocenters. The number of carbonyl (C=O) groups is 1. The summed E-state index contributed by atoms with van der Waals surface area (Å²) in [4.78, 5) is 41.7. The number of rotatable bonds is 4. The number of imidazole rings is 1. The van der Waals surface area contributed by atoms with Gasteiger partial charge in [0.2, 0.25) is 0 Å². The van der Waals surface area contributed by atoms with Gasteiger partial charge in [-0.1, -0.05) is 6.07 Å². The Labute approximate surface area is 214 Å². The molecule has 0 saturated carbocycles. The van der Waals surface area contributed by atoms with E-state index in [-0.39, 0.29) is 23.7 Å². The zero-order valence-electron chi connectivity index (χ0n) is 21.9. The first kappa shape index (κ1) is 24.7. The quantitative estimate of drug-likeness (QED) is 0.408. The summed E-state index contributed by atoms with van der Waals surface area (Å²) in [5.74, 6) is 0. The van der Waals surface area contributed by atoms with Gasteiger partial charge < -0.3 is 18.9 Å². The highest BCUT2D eigenvalue weighted by Crippen LogP contribution is 2.29. The Bertz CT molecular complexity index is 1530. The van der Waals surface area contributed by atoms with Gasteiger partial charge in [0.25, 0.3) is 5.56 Å². The number of carbonyl (C=O) groups excluding carboxylic acids is 1. The summed E-state index contributed by atoms with van der Waals surface area (Å²) in [6.45, 7) is 8.83. The highest BCUT2D eigenvalue weighted by Gasteiger charge is 2.29. The van der Waals surface area contributed by atoms with E-state index >= 15 is 0 Å². The number of hydrogen-bond donors (Lipinski definition) is 0. The number of aryl methyl sites for hydroxylation is 1. The van der Waals surface area contributed by atoms with Crippen molar-refractivity contribution in [3.05, 3.63) is 47.1 Å². The molecule has 1 saturated heterocycles. The maximum absolute atomic E-state index is 14.0. The summed E-state index contributed by atoms with van der Waals surface area (Å²) in [6, 6.07) is 7.76. The van der Waals surface area contributed by atoms with E-state index in [4.69, 9.17) is 9.47 Å². The summed E-state index contributed by atoms with van der Waals surface area (Å²) in [5, 5.41) is 0.748. The third kappa shape index (κ3) is 4.87. The largest absolute Gasteiger partial charge is 0.464 e. The molecule has 194 valence electrons. The molecule has 1 aliphatic rings. The van der Waals surface area contributed by atoms with Crippen molar-refractivity contribution in [1.82, 2.24) is 29.0 Å². The number of pyridine rings is 1. The van der Waals surface area contributed by atoms with Crippen LogP contribution in [0.5, 0.6) is 6.01 Å². The van der Waals surface area contributed by atoms with Crippen LogP contribution in [0.1, 0.15) is 46.6 Å². The number of amides is 1. The van der Waals surface area contributed by atoms with Crippen LogP contribution in [0.2, 0.25) is 0 Å². The first-order valence-corrected chi connectivity index (χ1v) is 12.6. The number of fused-ring (bicyclic) bond motifs is 2. The number of aromatic nitrogens is 5. The van der Waals surface area contributed by atoms with Crippen molar-refractivity contribution in [3.63, 3.8) is 0 Å². The predicted octanol–water partition coefficient (Wildman–Crippen LogP) is 4.32. The van der Waals surface area contributed by atoms with Gasteiger partial charge in [-0.05, 0) is 64.3 Å². The van der Waals surface area contributed by atoms with Crippen molar-refractivity contribution in [2.24, 2.45) is 7.05 Å². The lowest BCUT2D eigenvalue weighted by atomic mass is 10.0. The summed E-state index contributed by atoms with van der Waals surface area (Å²) >= 11 is 0. The Hall–Kier alpha value is -3.95. The van der Waals surface area contributed by atoms with Gasteiger partial charge in [-0.25, -0.2) is 14.8 Å². The normalized spacial score (nSPS) is 14.9. The molecule has 1 amide bonds. The number of hydrogen-bond acceptors (Lipinski definition) is 7. The molecule has 0 aliphatic carbocycles. The molecular weight excluding hydrogens is 472 g/mol. The lowest BCUT2D eigenvalue weighted by Gasteiger charge is -2.34. The Morgan fingerprint density at radius 3 is 2.59 bits per heavy atom. The summed E-state index contributed by atoms with van der Waals surface area (Å²) in [6.07, 6.45) is 4.33. The molecule has 0 radical (unpaired) electrons. The maximum atomic E-state index is 14.0. The van der Waals surface area contributed by atoms with Gasteiger partial charge in [0.1, 0.15) is 11.2 Å². The van der Waals surface area contributed by atoms with E-state index in [9.17, 15) is 9.59 Å². The van der Waals surface area contributed by atoms with Gasteiger partial charge in [0, 0.05) is 43.3 Å². The Kier molecular flexibility index (Phi) is 6.35. The maximum Gasteiger partial charge on any atom is 0.410 e. The Morgan fingerprint density at radius 1 is 1.14 bits per heavy atom. The van der Waals surface area contributed by atoms with Gasteiger partial charge in [0.05, 0.1) is 24.0 Å². The molecule has 1 aliphatic heterocycles. The van der Waals surface area contributed by atoms with Gasteiger partial charge in [-0.3, -0.25) is 9.36 Å². The fourth-order valence-corrected chi connectivity index (χ4v) is 4.78. The minimum atomic E-state index is -0.559. The molecule has 4 heterocycles. The lowest BCUT2D eigenvalue weighted by Crippen LogP contribution is -2.43. The van der Waals surface area contributed by atoms with Gasteiger partial charge in [-0.2, -0.15) is 4.98 Å². The third-order valence-corrected chi connectivity index (χ3v) is 6.54. The Morgan fingerprint density at radius 2 is 1.89 bits per heavy atom. The second-order valence-electron chi connectivity index (χ2n) is 10.4. The van der Waals surface area contributed by atoms with E-state index in [1.807, 2.05) is 63.6 Å². The average molecular weight is 505 g/mol. The fourth-order valence-electron chi connectivity index (χ4n) is 4.78. The van der Waals surface area contributed by atoms with Crippen LogP contribution in [-0.4, -0.2) is 60.4 Å². The van der Waals surface area contributed by atoms with Crippen molar-refractivity contribution in [1.29, 1.82) is 0 Å². The van der Waals surface area contributed by atoms with Crippen LogP contribution in [0.25, 0.3) is 33.2 Å². The molecule has 3 aromatic heterocycles. The minimum absolute atomic E-state index is 0.133. The van der Waals surface area contributed by atoms with E-state index in [1.54, 1.807) is 22.0 Å². The van der Waals surface area contributed by atoms with Crippen molar-refractivity contribution in [2.45, 2.75) is 52.2 Å². The van der Waals surface area contributed by atoms with Crippen molar-refractivity contribution in [3.8, 4) is 17.1 Å². The molecule has 1 fully saturated rings. The van der Waals surface area contributed by atoms with E-state index < -0.39 is 5.60 Å². The van der Waals surface area contributed by atoms with Crippen LogP contribution in [0.4, 0.5) is 4.79 Å². The topological polar surface area (TPSA) is 104 Å². The second-order valence-corrected chi connectivity index (χ2v) is 10.4. The van der Waals surface area contributed by atoms with Gasteiger partial charge >= 0.3 is 12.1 Å². The molecule has 10 heteroatoms. The molecule has 5 rings (SSSR count). The third-order valence-electron chi connectivity index (χ3n) is 6.54. The van der Waals surface area contributed by atoms with Gasteiger partial charge in [0.15, 0.2) is 0 Å². The smallest absolute Gasteiger partial charge is 0.410 e. The van der Waals surface area contributed by atoms with Crippen LogP contribution in [0.15, 0.2) is 41.6 Å². The fraction of sp³-hybridized carbons (Fsp3) is 0.444. The van der Waals surface area contributed by atoms with Crippen LogP contribution in [-0.2, 0) is 11.8 Å². The molecular formula is C27H32N6O4. The molecule has 1 aromatic carbocycles. The molecule has 37 heavy (non-hydrogen) atoms. The standard InChI is InChI=1S/C27H32N6O4/c1-6-36-25-28-15-18-13-20(17-7-8-21-22(14-17)31(5)16-29-21)24(34)33(23(18)30-25)19-9-11-32(12-10-19)26(35)37-27(2,3)4/h7-8,13-16,19H,6,9-12H2,1-5H3. The molecule has 0 N–H and O–H groups in total. The molecule has 0 unspecified atom stereocenters. The number of piperidine rings is 1. The number of nitrogens with zero attached hydrogens (tertiary/aromatic N) is 6. The highest BCUT2D eigenvalue weighted by molar-refractivity contribution is 5.86. The Balaban J connectivity index is 1.57. The highest BCUT2D eigenvalue weighted by atomic mass is 16.6. The zero-order chi connectivity index (χ0) is 26.3. The number of likely N-dealkylation sites (tertiary alicyclic amines) is 1.